The van der Waals surface area contributed by atoms with Crippen molar-refractivity contribution in [2.75, 3.05) is 37.7 Å². The van der Waals surface area contributed by atoms with Crippen LogP contribution in [-0.2, 0) is 16.0 Å². The molecule has 2 rings (SSSR count). The average Bonchev–Trinajstić information content (AvgIpc) is 2.52. The van der Waals surface area contributed by atoms with Crippen molar-refractivity contribution in [2.45, 2.75) is 26.7 Å². The number of anilines is 1. The predicted molar refractivity (Wildman–Crippen MR) is 85.6 cm³/mol. The number of aryl methyl sites for hydroxylation is 1. The van der Waals surface area contributed by atoms with Crippen LogP contribution in [0.25, 0.3) is 0 Å². The van der Waals surface area contributed by atoms with Crippen LogP contribution < -0.4 is 10.2 Å². The first-order valence-electron chi connectivity index (χ1n) is 7.86. The van der Waals surface area contributed by atoms with Crippen molar-refractivity contribution >= 4 is 11.6 Å². The Bertz CT molecular complexity index is 437. The third kappa shape index (κ3) is 5.05. The summed E-state index contributed by atoms with van der Waals surface area (Å²) >= 11 is 0. The molecule has 1 aromatic rings. The summed E-state index contributed by atoms with van der Waals surface area (Å²) in [7, 11) is 0. The molecule has 0 unspecified atom stereocenters. The first-order valence-corrected chi connectivity index (χ1v) is 7.86. The van der Waals surface area contributed by atoms with E-state index in [-0.39, 0.29) is 11.8 Å². The van der Waals surface area contributed by atoms with Crippen molar-refractivity contribution in [3.8, 4) is 0 Å². The van der Waals surface area contributed by atoms with Crippen LogP contribution in [0.5, 0.6) is 0 Å². The Morgan fingerprint density at radius 3 is 2.52 bits per heavy atom. The van der Waals surface area contributed by atoms with Crippen LogP contribution in [0.2, 0.25) is 0 Å². The van der Waals surface area contributed by atoms with Gasteiger partial charge >= 0.3 is 0 Å². The molecule has 1 amide bonds. The van der Waals surface area contributed by atoms with Gasteiger partial charge in [-0.2, -0.15) is 0 Å². The molecule has 1 N–H and O–H groups in total. The predicted octanol–water partition coefficient (Wildman–Crippen LogP) is 2.23. The van der Waals surface area contributed by atoms with E-state index in [0.717, 1.165) is 45.7 Å². The Labute approximate surface area is 127 Å². The van der Waals surface area contributed by atoms with E-state index in [0.29, 0.717) is 0 Å². The van der Waals surface area contributed by atoms with E-state index in [4.69, 9.17) is 4.74 Å². The van der Waals surface area contributed by atoms with E-state index in [2.05, 4.69) is 34.5 Å². The Morgan fingerprint density at radius 1 is 1.24 bits per heavy atom. The van der Waals surface area contributed by atoms with Gasteiger partial charge in [-0.3, -0.25) is 4.79 Å². The van der Waals surface area contributed by atoms with E-state index in [1.165, 1.54) is 11.3 Å². The maximum atomic E-state index is 11.4. The number of hydrogen-bond acceptors (Lipinski definition) is 3. The molecule has 1 saturated heterocycles. The van der Waals surface area contributed by atoms with Gasteiger partial charge in [0.15, 0.2) is 0 Å². The Morgan fingerprint density at radius 2 is 1.90 bits per heavy atom. The summed E-state index contributed by atoms with van der Waals surface area (Å²) in [5.74, 6) is 0.204. The van der Waals surface area contributed by atoms with Gasteiger partial charge in [-0.25, -0.2) is 0 Å². The van der Waals surface area contributed by atoms with Gasteiger partial charge in [-0.05, 0) is 30.5 Å². The summed E-state index contributed by atoms with van der Waals surface area (Å²) in [6, 6.07) is 8.75. The van der Waals surface area contributed by atoms with Crippen LogP contribution in [-0.4, -0.2) is 38.8 Å². The highest BCUT2D eigenvalue weighted by Gasteiger charge is 2.10. The van der Waals surface area contributed by atoms with Gasteiger partial charge in [0.25, 0.3) is 0 Å². The number of amides is 1. The monoisotopic (exact) mass is 290 g/mol. The number of hydrogen-bond donors (Lipinski definition) is 1. The third-order valence-electron chi connectivity index (χ3n) is 3.78. The Balaban J connectivity index is 1.73. The van der Waals surface area contributed by atoms with Gasteiger partial charge in [0, 0.05) is 31.2 Å². The molecule has 1 aliphatic heterocycles. The highest BCUT2D eigenvalue weighted by molar-refractivity contribution is 5.77. The molecule has 21 heavy (non-hydrogen) atoms. The number of nitrogens with zero attached hydrogens (tertiary/aromatic N) is 1. The second-order valence-corrected chi connectivity index (χ2v) is 5.82. The molecule has 116 valence electrons. The van der Waals surface area contributed by atoms with Gasteiger partial charge in [-0.15, -0.1) is 0 Å². The summed E-state index contributed by atoms with van der Waals surface area (Å²) in [5.41, 5.74) is 2.60. The Kier molecular flexibility index (Phi) is 6.05. The lowest BCUT2D eigenvalue weighted by Gasteiger charge is -2.28. The molecule has 0 spiro atoms. The second kappa shape index (κ2) is 8.03. The highest BCUT2D eigenvalue weighted by Crippen LogP contribution is 2.17. The van der Waals surface area contributed by atoms with Crippen LogP contribution in [0.1, 0.15) is 25.8 Å². The van der Waals surface area contributed by atoms with E-state index in [9.17, 15) is 4.79 Å². The van der Waals surface area contributed by atoms with Crippen LogP contribution in [0.15, 0.2) is 24.3 Å². The van der Waals surface area contributed by atoms with Crippen molar-refractivity contribution in [1.29, 1.82) is 0 Å². The van der Waals surface area contributed by atoms with Crippen LogP contribution in [0, 0.1) is 5.92 Å². The molecule has 1 heterocycles. The van der Waals surface area contributed by atoms with E-state index in [1.807, 2.05) is 13.8 Å². The van der Waals surface area contributed by atoms with Crippen molar-refractivity contribution in [2.24, 2.45) is 5.92 Å². The summed E-state index contributed by atoms with van der Waals surface area (Å²) in [6.45, 7) is 8.16. The molecule has 0 aliphatic carbocycles. The molecular formula is C17H26N2O2. The standard InChI is InChI=1S/C17H26N2O2/c1-14(2)17(20)18-9-3-4-15-5-7-16(8-6-15)19-10-12-21-13-11-19/h5-8,14H,3-4,9-13H2,1-2H3,(H,18,20). The number of carbonyl (C=O) groups excluding carboxylic acids is 1. The molecule has 1 aliphatic rings. The minimum absolute atomic E-state index is 0.0674. The van der Waals surface area contributed by atoms with Crippen molar-refractivity contribution < 1.29 is 9.53 Å². The Hall–Kier alpha value is -1.55. The number of ether oxygens (including phenoxy) is 1. The smallest absolute Gasteiger partial charge is 0.222 e. The molecule has 0 atom stereocenters. The van der Waals surface area contributed by atoms with Crippen LogP contribution in [0.4, 0.5) is 5.69 Å². The van der Waals surface area contributed by atoms with Crippen LogP contribution in [0.3, 0.4) is 0 Å². The minimum atomic E-state index is 0.0674. The lowest BCUT2D eigenvalue weighted by Crippen LogP contribution is -2.36. The molecule has 4 nitrogen and oxygen atoms in total. The molecule has 1 aromatic carbocycles. The van der Waals surface area contributed by atoms with Crippen LogP contribution >= 0.6 is 0 Å². The average molecular weight is 290 g/mol. The zero-order valence-corrected chi connectivity index (χ0v) is 13.1. The zero-order valence-electron chi connectivity index (χ0n) is 13.1. The fraction of sp³-hybridized carbons (Fsp3) is 0.588. The van der Waals surface area contributed by atoms with Gasteiger partial charge in [0.05, 0.1) is 13.2 Å². The van der Waals surface area contributed by atoms with Gasteiger partial charge < -0.3 is 15.0 Å². The molecule has 0 aromatic heterocycles. The maximum absolute atomic E-state index is 11.4. The normalized spacial score (nSPS) is 15.3. The quantitative estimate of drug-likeness (QED) is 0.817. The number of carbonyl (C=O) groups is 1. The van der Waals surface area contributed by atoms with Gasteiger partial charge in [-0.1, -0.05) is 26.0 Å². The fourth-order valence-electron chi connectivity index (χ4n) is 2.40. The summed E-state index contributed by atoms with van der Waals surface area (Å²) in [5, 5.41) is 2.95. The van der Waals surface area contributed by atoms with Crippen molar-refractivity contribution in [1.82, 2.24) is 5.32 Å². The summed E-state index contributed by atoms with van der Waals surface area (Å²) in [4.78, 5) is 13.8. The fourth-order valence-corrected chi connectivity index (χ4v) is 2.40. The third-order valence-corrected chi connectivity index (χ3v) is 3.78. The lowest BCUT2D eigenvalue weighted by atomic mass is 10.1. The van der Waals surface area contributed by atoms with Crippen molar-refractivity contribution in [3.63, 3.8) is 0 Å². The van der Waals surface area contributed by atoms with E-state index in [1.54, 1.807) is 0 Å². The largest absolute Gasteiger partial charge is 0.378 e. The lowest BCUT2D eigenvalue weighted by molar-refractivity contribution is -0.123. The molecular weight excluding hydrogens is 264 g/mol. The van der Waals surface area contributed by atoms with E-state index >= 15 is 0 Å². The maximum Gasteiger partial charge on any atom is 0.222 e. The summed E-state index contributed by atoms with van der Waals surface area (Å²) < 4.78 is 5.37. The zero-order chi connectivity index (χ0) is 15.1. The highest BCUT2D eigenvalue weighted by atomic mass is 16.5. The number of morpholine rings is 1. The topological polar surface area (TPSA) is 41.6 Å². The molecule has 0 bridgehead atoms. The molecule has 1 fully saturated rings. The first kappa shape index (κ1) is 15.8. The molecule has 4 heteroatoms. The SMILES string of the molecule is CC(C)C(=O)NCCCc1ccc(N2CCOCC2)cc1. The first-order chi connectivity index (χ1) is 10.2. The van der Waals surface area contributed by atoms with Gasteiger partial charge in [0.1, 0.15) is 0 Å². The second-order valence-electron chi connectivity index (χ2n) is 5.82. The number of nitrogens with one attached hydrogen (secondary N) is 1. The van der Waals surface area contributed by atoms with Gasteiger partial charge in [0.2, 0.25) is 5.91 Å². The molecule has 0 saturated carbocycles. The molecule has 0 radical (unpaired) electrons. The number of rotatable bonds is 6. The number of benzene rings is 1. The van der Waals surface area contributed by atoms with Crippen molar-refractivity contribution in [3.05, 3.63) is 29.8 Å². The summed E-state index contributed by atoms with van der Waals surface area (Å²) in [6.07, 6.45) is 1.98. The van der Waals surface area contributed by atoms with E-state index < -0.39 is 0 Å². The minimum Gasteiger partial charge on any atom is -0.378 e.